The van der Waals surface area contributed by atoms with Crippen LogP contribution in [0.15, 0.2) is 42.5 Å². The zero-order valence-corrected chi connectivity index (χ0v) is 35.7. The summed E-state index contributed by atoms with van der Waals surface area (Å²) in [5.41, 5.74) is -1.99. The van der Waals surface area contributed by atoms with Crippen LogP contribution in [0.2, 0.25) is 0 Å². The smallest absolute Gasteiger partial charge is 0.377 e. The number of nitrogens with zero attached hydrogens (tertiary/aromatic N) is 5. The van der Waals surface area contributed by atoms with Crippen molar-refractivity contribution in [2.75, 3.05) is 43.0 Å². The minimum Gasteiger partial charge on any atom is -0.377 e. The van der Waals surface area contributed by atoms with E-state index >= 15 is 0 Å². The zero-order chi connectivity index (χ0) is 42.2. The molecule has 4 amide bonds. The van der Waals surface area contributed by atoms with Crippen molar-refractivity contribution in [1.29, 1.82) is 5.26 Å². The summed E-state index contributed by atoms with van der Waals surface area (Å²) in [5, 5.41) is 14.8. The molecule has 0 spiro atoms. The normalized spacial score (nSPS) is 26.6. The number of rotatable bonds is 11. The van der Waals surface area contributed by atoms with Crippen LogP contribution >= 0.6 is 24.6 Å². The van der Waals surface area contributed by atoms with Crippen LogP contribution in [0.5, 0.6) is 0 Å². The van der Waals surface area contributed by atoms with E-state index in [0.717, 1.165) is 55.1 Å². The van der Waals surface area contributed by atoms with Gasteiger partial charge >= 0.3 is 6.18 Å². The van der Waals surface area contributed by atoms with E-state index in [1.807, 2.05) is 24.0 Å². The van der Waals surface area contributed by atoms with Gasteiger partial charge in [-0.1, -0.05) is 19.1 Å². The van der Waals surface area contributed by atoms with E-state index in [4.69, 9.17) is 17.0 Å². The van der Waals surface area contributed by atoms with Crippen molar-refractivity contribution in [1.82, 2.24) is 20.0 Å². The molecule has 0 aromatic heterocycles. The number of thiocarbonyl (C=S) groups is 1. The Bertz CT molecular complexity index is 1960. The number of halogens is 4. The summed E-state index contributed by atoms with van der Waals surface area (Å²) >= 11 is 5.74. The van der Waals surface area contributed by atoms with Gasteiger partial charge < -0.3 is 15.0 Å². The molecule has 4 aliphatic rings. The number of benzene rings is 2. The zero-order valence-electron chi connectivity index (χ0n) is 34.1. The van der Waals surface area contributed by atoms with E-state index in [9.17, 15) is 37.6 Å². The van der Waals surface area contributed by atoms with Crippen LogP contribution in [0.3, 0.4) is 0 Å². The van der Waals surface area contributed by atoms with Gasteiger partial charge in [0.2, 0.25) is 17.7 Å². The van der Waals surface area contributed by atoms with Gasteiger partial charge in [-0.15, -0.1) is 12.4 Å². The second-order valence-corrected chi connectivity index (χ2v) is 16.9. The van der Waals surface area contributed by atoms with Crippen molar-refractivity contribution in [2.24, 2.45) is 0 Å². The molecule has 3 atom stereocenters. The van der Waals surface area contributed by atoms with E-state index in [2.05, 4.69) is 34.3 Å². The summed E-state index contributed by atoms with van der Waals surface area (Å²) in [6.07, 6.45) is -0.518. The Morgan fingerprint density at radius 2 is 1.68 bits per heavy atom. The van der Waals surface area contributed by atoms with E-state index in [1.54, 1.807) is 32.0 Å². The molecule has 2 N–H and O–H groups in total. The maximum atomic E-state index is 13.7. The molecule has 12 nitrogen and oxygen atoms in total. The third kappa shape index (κ3) is 9.44. The van der Waals surface area contributed by atoms with Crippen LogP contribution < -0.4 is 15.5 Å². The number of piperazine rings is 1. The highest BCUT2D eigenvalue weighted by Gasteiger charge is 2.53. The van der Waals surface area contributed by atoms with Gasteiger partial charge in [0, 0.05) is 49.9 Å². The Hall–Kier alpha value is -4.14. The second kappa shape index (κ2) is 18.2. The minimum absolute atomic E-state index is 0. The fourth-order valence-electron chi connectivity index (χ4n) is 9.24. The van der Waals surface area contributed by atoms with Crippen molar-refractivity contribution >= 4 is 64.7 Å². The summed E-state index contributed by atoms with van der Waals surface area (Å²) in [4.78, 5) is 58.9. The molecule has 0 bridgehead atoms. The largest absolute Gasteiger partial charge is 0.417 e. The highest BCUT2D eigenvalue weighted by Crippen LogP contribution is 2.41. The number of alkyl halides is 3. The molecule has 3 aliphatic heterocycles. The number of hydrogen-bond donors (Lipinski definition) is 2. The first-order valence-corrected chi connectivity index (χ1v) is 20.4. The van der Waals surface area contributed by atoms with E-state index in [-0.39, 0.29) is 71.7 Å². The summed E-state index contributed by atoms with van der Waals surface area (Å²) in [7, 11) is 0. The van der Waals surface area contributed by atoms with Crippen molar-refractivity contribution in [3.05, 3.63) is 59.2 Å². The number of anilines is 2. The first-order valence-electron chi connectivity index (χ1n) is 20.0. The summed E-state index contributed by atoms with van der Waals surface area (Å²) in [6.45, 7) is 12.7. The molecular weight excluding hydrogens is 807 g/mol. The molecule has 4 fully saturated rings. The Morgan fingerprint density at radius 3 is 2.25 bits per heavy atom. The standard InChI is InChI=1S/C42H52F3N7O5S.ClH/c1-6-41(18-17-35(53)48-37(41)55)29-8-10-30(11-9-29)47-36(54)25-50-26(2)23-49(24-27(50)3)19-20-57-33-15-13-31(14-16-33)52-39(58)51(38(56)40(52,4)5)32-12-7-28(22-46)34(21-32)42(43,44)45;/h7-12,21,26-27,31,33H,6,13-20,23-25H2,1-5H3,(H,47,54)(H,48,53,55);1H/t26-,27+,31-,33-,41-;/m1./s1. The number of nitriles is 1. The molecule has 6 rings (SSSR count). The third-order valence-electron chi connectivity index (χ3n) is 12.5. The molecule has 59 heavy (non-hydrogen) atoms. The number of imide groups is 1. The Labute approximate surface area is 355 Å². The van der Waals surface area contributed by atoms with Gasteiger partial charge in [-0.2, -0.15) is 18.4 Å². The number of amides is 4. The first-order chi connectivity index (χ1) is 27.4. The van der Waals surface area contributed by atoms with Crippen molar-refractivity contribution in [3.63, 3.8) is 0 Å². The summed E-state index contributed by atoms with van der Waals surface area (Å²) < 4.78 is 47.5. The van der Waals surface area contributed by atoms with Crippen LogP contribution in [-0.4, -0.2) is 106 Å². The van der Waals surface area contributed by atoms with Crippen LogP contribution in [0.1, 0.15) is 96.3 Å². The van der Waals surface area contributed by atoms with Crippen LogP contribution in [0, 0.1) is 11.3 Å². The lowest BCUT2D eigenvalue weighted by Crippen LogP contribution is -2.58. The maximum absolute atomic E-state index is 13.7. The predicted molar refractivity (Wildman–Crippen MR) is 223 cm³/mol. The monoisotopic (exact) mass is 859 g/mol. The van der Waals surface area contributed by atoms with Crippen LogP contribution in [0.4, 0.5) is 24.5 Å². The van der Waals surface area contributed by atoms with Gasteiger partial charge in [-0.05, 0) is 114 Å². The molecule has 1 aliphatic carbocycles. The Balaban J connectivity index is 0.00000661. The van der Waals surface area contributed by atoms with Crippen molar-refractivity contribution in [3.8, 4) is 6.07 Å². The first kappa shape index (κ1) is 45.9. The summed E-state index contributed by atoms with van der Waals surface area (Å²) in [5.74, 6) is -1.07. The van der Waals surface area contributed by atoms with Gasteiger partial charge in [0.05, 0.1) is 47.6 Å². The number of hydrogen-bond acceptors (Lipinski definition) is 9. The summed E-state index contributed by atoms with van der Waals surface area (Å²) in [6, 6.07) is 12.3. The van der Waals surface area contributed by atoms with Crippen LogP contribution in [0.25, 0.3) is 0 Å². The van der Waals surface area contributed by atoms with Gasteiger partial charge in [0.15, 0.2) is 5.11 Å². The average molecular weight is 860 g/mol. The fraction of sp³-hybridized carbons (Fsp3) is 0.571. The van der Waals surface area contributed by atoms with E-state index < -0.39 is 34.2 Å². The Kier molecular flexibility index (Phi) is 14.2. The predicted octanol–water partition coefficient (Wildman–Crippen LogP) is 6.16. The number of carbonyl (C=O) groups is 4. The molecule has 2 aromatic carbocycles. The molecule has 1 saturated carbocycles. The topological polar surface area (TPSA) is 138 Å². The van der Waals surface area contributed by atoms with Crippen LogP contribution in [-0.2, 0) is 35.5 Å². The van der Waals surface area contributed by atoms with Crippen molar-refractivity contribution in [2.45, 2.75) is 121 Å². The average Bonchev–Trinajstić information content (AvgIpc) is 3.35. The van der Waals surface area contributed by atoms with E-state index in [1.165, 1.54) is 6.07 Å². The van der Waals surface area contributed by atoms with Gasteiger partial charge in [-0.3, -0.25) is 39.2 Å². The highest BCUT2D eigenvalue weighted by atomic mass is 35.5. The van der Waals surface area contributed by atoms with Gasteiger partial charge in [-0.25, -0.2) is 0 Å². The quantitative estimate of drug-likeness (QED) is 0.200. The number of piperidine rings is 1. The Morgan fingerprint density at radius 1 is 1.03 bits per heavy atom. The lowest BCUT2D eigenvalue weighted by molar-refractivity contribution is -0.139. The SMILES string of the molecule is CC[C@]1(c2ccc(NC(=O)CN3[C@H](C)CN(CCO[C@H]4CC[C@H](N5C(=S)N(c6ccc(C#N)c(C(F)(F)F)c6)C(=O)C5(C)C)CC4)C[C@@H]3C)cc2)CCC(=O)NC1=O.Cl. The molecular formula is C42H53ClF3N7O5S. The molecule has 0 radical (unpaired) electrons. The molecule has 3 saturated heterocycles. The second-order valence-electron chi connectivity index (χ2n) is 16.6. The minimum atomic E-state index is -4.76. The molecule has 2 aromatic rings. The lowest BCUT2D eigenvalue weighted by atomic mass is 9.72. The number of nitrogens with one attached hydrogen (secondary N) is 2. The van der Waals surface area contributed by atoms with Gasteiger partial charge in [0.25, 0.3) is 5.91 Å². The third-order valence-corrected chi connectivity index (χ3v) is 12.9. The van der Waals surface area contributed by atoms with Gasteiger partial charge in [0.1, 0.15) is 5.54 Å². The highest BCUT2D eigenvalue weighted by molar-refractivity contribution is 7.80. The maximum Gasteiger partial charge on any atom is 0.417 e. The molecule has 0 unspecified atom stereocenters. The van der Waals surface area contributed by atoms with Crippen molar-refractivity contribution < 1.29 is 37.1 Å². The fourth-order valence-corrected chi connectivity index (χ4v) is 9.80. The molecule has 3 heterocycles. The molecule has 17 heteroatoms. The lowest BCUT2D eigenvalue weighted by Gasteiger charge is -2.44. The van der Waals surface area contributed by atoms with E-state index in [0.29, 0.717) is 44.4 Å². The number of carbonyl (C=O) groups excluding carboxylic acids is 4. The number of ether oxygens (including phenoxy) is 1. The molecule has 320 valence electrons.